The third-order valence-corrected chi connectivity index (χ3v) is 4.83. The largest absolute Gasteiger partial charge is 0.492 e. The molecular weight excluding hydrogens is 340 g/mol. The quantitative estimate of drug-likeness (QED) is 0.211. The standard InChI is InChI=1S/C15H32N6O3Si/c1-16-13-19-14(17-2)21-15(20-13)18-11-9-7-5-3-4-6-8-10-12-25(22,23)24/h22-24H,3-12H2,1-2H3,(H3,16,17,18,19,20,21). The molecular formula is C15H32N6O3Si. The molecule has 9 nitrogen and oxygen atoms in total. The zero-order valence-corrected chi connectivity index (χ0v) is 16.3. The monoisotopic (exact) mass is 372 g/mol. The molecule has 0 radical (unpaired) electrons. The van der Waals surface area contributed by atoms with Gasteiger partial charge in [-0.05, 0) is 12.8 Å². The fraction of sp³-hybridized carbons (Fsp3) is 0.800. The lowest BCUT2D eigenvalue weighted by atomic mass is 10.1. The predicted molar refractivity (Wildman–Crippen MR) is 102 cm³/mol. The highest BCUT2D eigenvalue weighted by Gasteiger charge is 2.25. The highest BCUT2D eigenvalue weighted by molar-refractivity contribution is 6.56. The van der Waals surface area contributed by atoms with Gasteiger partial charge in [0.25, 0.3) is 0 Å². The predicted octanol–water partition coefficient (Wildman–Crippen LogP) is 1.40. The van der Waals surface area contributed by atoms with Crippen molar-refractivity contribution >= 4 is 26.6 Å². The van der Waals surface area contributed by atoms with E-state index in [2.05, 4.69) is 30.9 Å². The maximum Gasteiger partial charge on any atom is 0.492 e. The molecule has 144 valence electrons. The SMILES string of the molecule is CNc1nc(NC)nc(NCCCCCCCCCC[Si](O)(O)O)n1. The van der Waals surface area contributed by atoms with Gasteiger partial charge in [0.05, 0.1) is 0 Å². The van der Waals surface area contributed by atoms with Crippen LogP contribution in [0.15, 0.2) is 0 Å². The molecule has 1 aromatic rings. The van der Waals surface area contributed by atoms with E-state index in [0.717, 1.165) is 38.6 Å². The van der Waals surface area contributed by atoms with Crippen molar-refractivity contribution in [3.8, 4) is 0 Å². The third kappa shape index (κ3) is 10.9. The van der Waals surface area contributed by atoms with Gasteiger partial charge in [0.1, 0.15) is 0 Å². The van der Waals surface area contributed by atoms with Crippen LogP contribution in [0.2, 0.25) is 6.04 Å². The van der Waals surface area contributed by atoms with Crippen molar-refractivity contribution in [3.63, 3.8) is 0 Å². The van der Waals surface area contributed by atoms with Crippen molar-refractivity contribution in [2.45, 2.75) is 57.4 Å². The van der Waals surface area contributed by atoms with Crippen LogP contribution in [-0.4, -0.2) is 58.8 Å². The summed E-state index contributed by atoms with van der Waals surface area (Å²) in [5.41, 5.74) is 0. The molecule has 10 heteroatoms. The molecule has 0 unspecified atom stereocenters. The Morgan fingerprint density at radius 2 is 1.12 bits per heavy atom. The van der Waals surface area contributed by atoms with E-state index < -0.39 is 8.80 Å². The second-order valence-corrected chi connectivity index (χ2v) is 8.13. The van der Waals surface area contributed by atoms with Crippen molar-refractivity contribution in [1.82, 2.24) is 15.0 Å². The van der Waals surface area contributed by atoms with Gasteiger partial charge in [-0.3, -0.25) is 0 Å². The molecule has 0 fully saturated rings. The lowest BCUT2D eigenvalue weighted by Crippen LogP contribution is -2.33. The van der Waals surface area contributed by atoms with Crippen LogP contribution in [0.1, 0.15) is 51.4 Å². The van der Waals surface area contributed by atoms with Crippen LogP contribution in [0.25, 0.3) is 0 Å². The van der Waals surface area contributed by atoms with Crippen LogP contribution in [0, 0.1) is 0 Å². The maximum absolute atomic E-state index is 8.91. The van der Waals surface area contributed by atoms with Gasteiger partial charge < -0.3 is 30.3 Å². The number of hydrogen-bond donors (Lipinski definition) is 6. The summed E-state index contributed by atoms with van der Waals surface area (Å²) < 4.78 is 0. The Kier molecular flexibility index (Phi) is 10.3. The maximum atomic E-state index is 8.91. The van der Waals surface area contributed by atoms with Gasteiger partial charge in [-0.2, -0.15) is 15.0 Å². The van der Waals surface area contributed by atoms with Gasteiger partial charge in [-0.15, -0.1) is 0 Å². The average molecular weight is 373 g/mol. The lowest BCUT2D eigenvalue weighted by Gasteiger charge is -2.09. The molecule has 0 aliphatic heterocycles. The second-order valence-electron chi connectivity index (χ2n) is 6.09. The minimum Gasteiger partial charge on any atom is -0.390 e. The van der Waals surface area contributed by atoms with Crippen LogP contribution >= 0.6 is 0 Å². The fourth-order valence-electron chi connectivity index (χ4n) is 2.43. The number of hydrogen-bond acceptors (Lipinski definition) is 9. The van der Waals surface area contributed by atoms with E-state index in [4.69, 9.17) is 14.4 Å². The first-order valence-corrected chi connectivity index (χ1v) is 11.0. The summed E-state index contributed by atoms with van der Waals surface area (Å²) in [7, 11) is -0.273. The molecule has 6 N–H and O–H groups in total. The first-order chi connectivity index (χ1) is 11.9. The van der Waals surface area contributed by atoms with E-state index in [1.54, 1.807) is 14.1 Å². The van der Waals surface area contributed by atoms with E-state index in [0.29, 0.717) is 24.3 Å². The zero-order chi connectivity index (χ0) is 18.5. The molecule has 25 heavy (non-hydrogen) atoms. The van der Waals surface area contributed by atoms with Gasteiger partial charge in [-0.1, -0.05) is 38.5 Å². The van der Waals surface area contributed by atoms with Crippen LogP contribution in [0.4, 0.5) is 17.8 Å². The summed E-state index contributed by atoms with van der Waals surface area (Å²) in [6.45, 7) is 0.826. The Morgan fingerprint density at radius 1 is 0.680 bits per heavy atom. The van der Waals surface area contributed by atoms with Crippen molar-refractivity contribution in [3.05, 3.63) is 0 Å². The number of nitrogens with one attached hydrogen (secondary N) is 3. The van der Waals surface area contributed by atoms with Crippen molar-refractivity contribution in [2.24, 2.45) is 0 Å². The Labute approximate surface area is 150 Å². The van der Waals surface area contributed by atoms with Crippen LogP contribution in [-0.2, 0) is 0 Å². The van der Waals surface area contributed by atoms with Crippen molar-refractivity contribution < 1.29 is 14.4 Å². The third-order valence-electron chi connectivity index (χ3n) is 3.80. The molecule has 0 atom stereocenters. The van der Waals surface area contributed by atoms with E-state index in [-0.39, 0.29) is 6.04 Å². The van der Waals surface area contributed by atoms with E-state index >= 15 is 0 Å². The van der Waals surface area contributed by atoms with Crippen molar-refractivity contribution in [1.29, 1.82) is 0 Å². The molecule has 1 rings (SSSR count). The molecule has 0 spiro atoms. The molecule has 0 saturated heterocycles. The summed E-state index contributed by atoms with van der Waals surface area (Å²) in [5, 5.41) is 9.03. The molecule has 0 aromatic carbocycles. The Balaban J connectivity index is 2.02. The summed E-state index contributed by atoms with van der Waals surface area (Å²) in [5.74, 6) is 1.63. The van der Waals surface area contributed by atoms with Gasteiger partial charge >= 0.3 is 8.80 Å². The van der Waals surface area contributed by atoms with E-state index in [1.165, 1.54) is 12.8 Å². The van der Waals surface area contributed by atoms with Crippen LogP contribution in [0.5, 0.6) is 0 Å². The number of aromatic nitrogens is 3. The molecule has 0 saturated carbocycles. The molecule has 1 heterocycles. The topological polar surface area (TPSA) is 135 Å². The minimum atomic E-state index is -3.82. The Hall–Kier alpha value is -1.49. The molecule has 0 aliphatic carbocycles. The number of unbranched alkanes of at least 4 members (excludes halogenated alkanes) is 7. The van der Waals surface area contributed by atoms with Gasteiger partial charge in [0, 0.05) is 26.7 Å². The molecule has 1 aromatic heterocycles. The van der Waals surface area contributed by atoms with Crippen LogP contribution < -0.4 is 16.0 Å². The zero-order valence-electron chi connectivity index (χ0n) is 15.3. The molecule has 0 bridgehead atoms. The van der Waals surface area contributed by atoms with Gasteiger partial charge in [0.15, 0.2) is 0 Å². The first-order valence-electron chi connectivity index (χ1n) is 8.97. The smallest absolute Gasteiger partial charge is 0.390 e. The summed E-state index contributed by atoms with van der Waals surface area (Å²) in [6, 6.07) is 0.153. The summed E-state index contributed by atoms with van der Waals surface area (Å²) in [6.07, 6.45) is 8.43. The number of nitrogens with zero attached hydrogens (tertiary/aromatic N) is 3. The lowest BCUT2D eigenvalue weighted by molar-refractivity contribution is 0.226. The van der Waals surface area contributed by atoms with E-state index in [9.17, 15) is 0 Å². The molecule has 0 amide bonds. The fourth-order valence-corrected chi connectivity index (χ4v) is 3.15. The Bertz CT molecular complexity index is 465. The highest BCUT2D eigenvalue weighted by atomic mass is 28.4. The van der Waals surface area contributed by atoms with Crippen molar-refractivity contribution in [2.75, 3.05) is 36.6 Å². The normalized spacial score (nSPS) is 11.4. The average Bonchev–Trinajstić information content (AvgIpc) is 2.58. The van der Waals surface area contributed by atoms with Crippen LogP contribution in [0.3, 0.4) is 0 Å². The summed E-state index contributed by atoms with van der Waals surface area (Å²) in [4.78, 5) is 39.4. The molecule has 0 aliphatic rings. The minimum absolute atomic E-state index is 0.153. The van der Waals surface area contributed by atoms with Gasteiger partial charge in [-0.25, -0.2) is 0 Å². The van der Waals surface area contributed by atoms with E-state index in [1.807, 2.05) is 0 Å². The number of anilines is 3. The van der Waals surface area contributed by atoms with Gasteiger partial charge in [0.2, 0.25) is 17.8 Å². The summed E-state index contributed by atoms with van der Waals surface area (Å²) >= 11 is 0. The highest BCUT2D eigenvalue weighted by Crippen LogP contribution is 2.12. The first kappa shape index (κ1) is 21.5. The number of rotatable bonds is 14. The Morgan fingerprint density at radius 3 is 1.60 bits per heavy atom. The second kappa shape index (κ2) is 12.0.